The van der Waals surface area contributed by atoms with Crippen LogP contribution in [0.5, 0.6) is 0 Å². The van der Waals surface area contributed by atoms with Gasteiger partial charge in [0.1, 0.15) is 5.82 Å². The highest BCUT2D eigenvalue weighted by Gasteiger charge is 2.07. The molecule has 0 unspecified atom stereocenters. The summed E-state index contributed by atoms with van der Waals surface area (Å²) >= 11 is 0. The molecule has 0 aliphatic carbocycles. The molecule has 6 heteroatoms. The van der Waals surface area contributed by atoms with Gasteiger partial charge in [-0.25, -0.2) is 9.37 Å². The maximum absolute atomic E-state index is 13.4. The average Bonchev–Trinajstić information content (AvgIpc) is 2.46. The number of halogens is 1. The summed E-state index contributed by atoms with van der Waals surface area (Å²) in [6.45, 7) is 2.30. The van der Waals surface area contributed by atoms with E-state index in [1.165, 1.54) is 23.2 Å². The molecular formula is C15H16FN3O2. The fourth-order valence-electron chi connectivity index (χ4n) is 1.91. The zero-order chi connectivity index (χ0) is 15.2. The fraction of sp³-hybridized carbons (Fsp3) is 0.267. The summed E-state index contributed by atoms with van der Waals surface area (Å²) in [6.07, 6.45) is 2.90. The van der Waals surface area contributed by atoms with Gasteiger partial charge in [-0.1, -0.05) is 18.2 Å². The number of rotatable bonds is 5. The largest absolute Gasteiger partial charge is 0.354 e. The zero-order valence-electron chi connectivity index (χ0n) is 11.7. The maximum atomic E-state index is 13.4. The van der Waals surface area contributed by atoms with Gasteiger partial charge in [-0.2, -0.15) is 0 Å². The van der Waals surface area contributed by atoms with Gasteiger partial charge in [-0.3, -0.25) is 14.2 Å². The first kappa shape index (κ1) is 14.9. The predicted molar refractivity (Wildman–Crippen MR) is 76.3 cm³/mol. The van der Waals surface area contributed by atoms with Crippen LogP contribution in [-0.2, 0) is 17.8 Å². The number of carbonyl (C=O) groups excluding carboxylic acids is 1. The third-order valence-electron chi connectivity index (χ3n) is 3.06. The van der Waals surface area contributed by atoms with Gasteiger partial charge in [-0.05, 0) is 18.6 Å². The van der Waals surface area contributed by atoms with Gasteiger partial charge < -0.3 is 5.32 Å². The Morgan fingerprint density at radius 1 is 1.38 bits per heavy atom. The molecule has 0 radical (unpaired) electrons. The molecular weight excluding hydrogens is 273 g/mol. The summed E-state index contributed by atoms with van der Waals surface area (Å²) in [5.41, 5.74) is 0.771. The molecule has 1 amide bonds. The van der Waals surface area contributed by atoms with E-state index in [9.17, 15) is 14.0 Å². The molecule has 0 spiro atoms. The lowest BCUT2D eigenvalue weighted by Gasteiger charge is -2.08. The Hall–Kier alpha value is -2.50. The van der Waals surface area contributed by atoms with Crippen molar-refractivity contribution in [2.24, 2.45) is 0 Å². The van der Waals surface area contributed by atoms with Gasteiger partial charge in [0, 0.05) is 24.8 Å². The van der Waals surface area contributed by atoms with Crippen molar-refractivity contribution in [1.29, 1.82) is 0 Å². The Balaban J connectivity index is 1.86. The van der Waals surface area contributed by atoms with Crippen molar-refractivity contribution in [2.45, 2.75) is 19.9 Å². The number of hydrogen-bond acceptors (Lipinski definition) is 3. The Morgan fingerprint density at radius 2 is 2.14 bits per heavy atom. The normalized spacial score (nSPS) is 10.4. The van der Waals surface area contributed by atoms with Crippen molar-refractivity contribution < 1.29 is 9.18 Å². The second kappa shape index (κ2) is 6.78. The van der Waals surface area contributed by atoms with E-state index < -0.39 is 5.82 Å². The van der Waals surface area contributed by atoms with Crippen molar-refractivity contribution in [3.63, 3.8) is 0 Å². The van der Waals surface area contributed by atoms with E-state index in [4.69, 9.17) is 0 Å². The number of benzene rings is 1. The van der Waals surface area contributed by atoms with Gasteiger partial charge >= 0.3 is 0 Å². The van der Waals surface area contributed by atoms with Crippen LogP contribution in [0.4, 0.5) is 4.39 Å². The van der Waals surface area contributed by atoms with E-state index in [-0.39, 0.29) is 17.9 Å². The first-order valence-electron chi connectivity index (χ1n) is 6.59. The number of amides is 1. The highest BCUT2D eigenvalue weighted by molar-refractivity contribution is 5.78. The molecule has 110 valence electrons. The highest BCUT2D eigenvalue weighted by atomic mass is 19.1. The lowest BCUT2D eigenvalue weighted by Crippen LogP contribution is -2.32. The van der Waals surface area contributed by atoms with E-state index in [0.717, 1.165) is 0 Å². The molecule has 21 heavy (non-hydrogen) atoms. The molecule has 2 aromatic rings. The number of nitrogens with zero attached hydrogens (tertiary/aromatic N) is 2. The number of hydrogen-bond donors (Lipinski definition) is 1. The number of carbonyl (C=O) groups is 1. The van der Waals surface area contributed by atoms with Crippen molar-refractivity contribution in [1.82, 2.24) is 14.9 Å². The monoisotopic (exact) mass is 289 g/mol. The van der Waals surface area contributed by atoms with E-state index >= 15 is 0 Å². The van der Waals surface area contributed by atoms with Crippen LogP contribution in [0.1, 0.15) is 11.1 Å². The van der Waals surface area contributed by atoms with Crippen LogP contribution in [0.2, 0.25) is 0 Å². The second-order valence-corrected chi connectivity index (χ2v) is 4.69. The molecule has 5 nitrogen and oxygen atoms in total. The molecule has 1 N–H and O–H groups in total. The standard InChI is InChI=1S/C15H16FN3O2/c1-11-9-17-10-19(15(11)21)7-6-18-14(20)8-12-4-2-3-5-13(12)16/h2-5,9-10H,6-8H2,1H3,(H,18,20). The minimum Gasteiger partial charge on any atom is -0.354 e. The SMILES string of the molecule is Cc1cncn(CCNC(=O)Cc2ccccc2F)c1=O. The summed E-state index contributed by atoms with van der Waals surface area (Å²) in [5, 5.41) is 2.66. The maximum Gasteiger partial charge on any atom is 0.256 e. The summed E-state index contributed by atoms with van der Waals surface area (Å²) in [5.74, 6) is -0.680. The summed E-state index contributed by atoms with van der Waals surface area (Å²) < 4.78 is 14.8. The quantitative estimate of drug-likeness (QED) is 0.895. The van der Waals surface area contributed by atoms with Crippen LogP contribution in [0.25, 0.3) is 0 Å². The zero-order valence-corrected chi connectivity index (χ0v) is 11.7. The minimum atomic E-state index is -0.397. The molecule has 0 aliphatic rings. The Labute approximate surface area is 121 Å². The molecule has 0 atom stereocenters. The van der Waals surface area contributed by atoms with E-state index in [1.54, 1.807) is 25.1 Å². The van der Waals surface area contributed by atoms with Gasteiger partial charge in [0.2, 0.25) is 5.91 Å². The third-order valence-corrected chi connectivity index (χ3v) is 3.06. The van der Waals surface area contributed by atoms with Crippen LogP contribution < -0.4 is 10.9 Å². The molecule has 2 rings (SSSR count). The molecule has 0 saturated heterocycles. The fourth-order valence-corrected chi connectivity index (χ4v) is 1.91. The van der Waals surface area contributed by atoms with Crippen molar-refractivity contribution in [2.75, 3.05) is 6.54 Å². The first-order valence-corrected chi connectivity index (χ1v) is 6.59. The molecule has 0 bridgehead atoms. The van der Waals surface area contributed by atoms with Crippen molar-refractivity contribution in [3.05, 3.63) is 64.1 Å². The summed E-state index contributed by atoms with van der Waals surface area (Å²) in [6, 6.07) is 6.15. The van der Waals surface area contributed by atoms with E-state index in [0.29, 0.717) is 24.2 Å². The first-order chi connectivity index (χ1) is 10.1. The van der Waals surface area contributed by atoms with Crippen LogP contribution in [0.3, 0.4) is 0 Å². The number of aromatic nitrogens is 2. The molecule has 0 saturated carbocycles. The number of aryl methyl sites for hydroxylation is 1. The van der Waals surface area contributed by atoms with E-state index in [2.05, 4.69) is 10.3 Å². The molecule has 1 aromatic carbocycles. The van der Waals surface area contributed by atoms with Gasteiger partial charge in [-0.15, -0.1) is 0 Å². The van der Waals surface area contributed by atoms with Crippen LogP contribution in [-0.4, -0.2) is 22.0 Å². The Kier molecular flexibility index (Phi) is 4.81. The van der Waals surface area contributed by atoms with Gasteiger partial charge in [0.05, 0.1) is 12.7 Å². The molecule has 0 fully saturated rings. The second-order valence-electron chi connectivity index (χ2n) is 4.69. The smallest absolute Gasteiger partial charge is 0.256 e. The summed E-state index contributed by atoms with van der Waals surface area (Å²) in [7, 11) is 0. The predicted octanol–water partition coefficient (Wildman–Crippen LogP) is 1.05. The molecule has 1 aromatic heterocycles. The number of nitrogens with one attached hydrogen (secondary N) is 1. The topological polar surface area (TPSA) is 64.0 Å². The van der Waals surface area contributed by atoms with Crippen molar-refractivity contribution >= 4 is 5.91 Å². The van der Waals surface area contributed by atoms with Gasteiger partial charge in [0.15, 0.2) is 0 Å². The molecule has 0 aliphatic heterocycles. The Bertz CT molecular complexity index is 697. The minimum absolute atomic E-state index is 0.0202. The molecule has 1 heterocycles. The van der Waals surface area contributed by atoms with E-state index in [1.807, 2.05) is 0 Å². The highest BCUT2D eigenvalue weighted by Crippen LogP contribution is 2.06. The van der Waals surface area contributed by atoms with Crippen LogP contribution in [0, 0.1) is 12.7 Å². The summed E-state index contributed by atoms with van der Waals surface area (Å²) in [4.78, 5) is 27.4. The van der Waals surface area contributed by atoms with Crippen LogP contribution in [0.15, 0.2) is 41.6 Å². The van der Waals surface area contributed by atoms with Gasteiger partial charge in [0.25, 0.3) is 5.56 Å². The lowest BCUT2D eigenvalue weighted by atomic mass is 10.1. The lowest BCUT2D eigenvalue weighted by molar-refractivity contribution is -0.120. The average molecular weight is 289 g/mol. The Morgan fingerprint density at radius 3 is 2.90 bits per heavy atom. The van der Waals surface area contributed by atoms with Crippen molar-refractivity contribution in [3.8, 4) is 0 Å². The van der Waals surface area contributed by atoms with Crippen LogP contribution >= 0.6 is 0 Å². The third kappa shape index (κ3) is 3.98.